The van der Waals surface area contributed by atoms with Crippen LogP contribution in [0.4, 0.5) is 0 Å². The number of hydrogen-bond donors (Lipinski definition) is 0. The van der Waals surface area contributed by atoms with Gasteiger partial charge in [0.05, 0.1) is 5.69 Å². The first-order chi connectivity index (χ1) is 6.72. The normalized spacial score (nSPS) is 10.1. The molecule has 0 bridgehead atoms. The van der Waals surface area contributed by atoms with Crippen molar-refractivity contribution in [1.29, 1.82) is 5.26 Å². The van der Waals surface area contributed by atoms with Crippen LogP contribution in [0.1, 0.15) is 17.1 Å². The molecule has 0 unspecified atom stereocenters. The first-order valence-corrected chi connectivity index (χ1v) is 4.09. The van der Waals surface area contributed by atoms with Crippen molar-refractivity contribution in [2.45, 2.75) is 13.8 Å². The van der Waals surface area contributed by atoms with E-state index in [-0.39, 0.29) is 5.69 Å². The minimum Gasteiger partial charge on any atom is -0.424 e. The van der Waals surface area contributed by atoms with Crippen molar-refractivity contribution in [3.63, 3.8) is 0 Å². The lowest BCUT2D eigenvalue weighted by Gasteiger charge is -1.97. The Bertz CT molecular complexity index is 503. The molecule has 0 saturated carbocycles. The minimum absolute atomic E-state index is 0.246. The molecule has 70 valence electrons. The zero-order chi connectivity index (χ0) is 10.1. The molecule has 0 N–H and O–H groups in total. The fraction of sp³-hybridized carbons (Fsp3) is 0.222. The zero-order valence-electron chi connectivity index (χ0n) is 7.85. The van der Waals surface area contributed by atoms with Crippen molar-refractivity contribution < 1.29 is 4.42 Å². The third kappa shape index (κ3) is 1.17. The summed E-state index contributed by atoms with van der Waals surface area (Å²) in [5.74, 6) is 0.373. The van der Waals surface area contributed by atoms with Gasteiger partial charge in [0.15, 0.2) is 6.39 Å². The van der Waals surface area contributed by atoms with Gasteiger partial charge in [0.25, 0.3) is 5.88 Å². The van der Waals surface area contributed by atoms with Crippen LogP contribution < -0.4 is 0 Å². The Morgan fingerprint density at radius 1 is 1.50 bits per heavy atom. The third-order valence-corrected chi connectivity index (χ3v) is 1.86. The molecule has 2 heterocycles. The summed E-state index contributed by atoms with van der Waals surface area (Å²) < 4.78 is 6.67. The van der Waals surface area contributed by atoms with Crippen LogP contribution in [0.5, 0.6) is 0 Å². The summed E-state index contributed by atoms with van der Waals surface area (Å²) in [7, 11) is 0. The molecule has 0 amide bonds. The van der Waals surface area contributed by atoms with Gasteiger partial charge in [0.2, 0.25) is 5.69 Å². The summed E-state index contributed by atoms with van der Waals surface area (Å²) in [6.45, 7) is 3.77. The minimum atomic E-state index is 0.246. The molecule has 0 aliphatic rings. The molecule has 0 aromatic carbocycles. The molecule has 2 aromatic heterocycles. The Labute approximate surface area is 80.6 Å². The Hall–Kier alpha value is -2.09. The fourth-order valence-corrected chi connectivity index (χ4v) is 1.30. The quantitative estimate of drug-likeness (QED) is 0.677. The van der Waals surface area contributed by atoms with Gasteiger partial charge < -0.3 is 4.42 Å². The average molecular weight is 188 g/mol. The number of aryl methyl sites for hydroxylation is 2. The highest BCUT2D eigenvalue weighted by molar-refractivity contribution is 5.36. The van der Waals surface area contributed by atoms with Crippen LogP contribution in [0.25, 0.3) is 5.88 Å². The lowest BCUT2D eigenvalue weighted by molar-refractivity contribution is 0.511. The van der Waals surface area contributed by atoms with Crippen molar-refractivity contribution in [2.75, 3.05) is 0 Å². The number of oxazole rings is 1. The largest absolute Gasteiger partial charge is 0.424 e. The maximum Gasteiger partial charge on any atom is 0.259 e. The summed E-state index contributed by atoms with van der Waals surface area (Å²) in [6, 6.07) is 3.85. The van der Waals surface area contributed by atoms with Gasteiger partial charge >= 0.3 is 0 Å². The maximum absolute atomic E-state index is 8.75. The Kier molecular flexibility index (Phi) is 1.82. The van der Waals surface area contributed by atoms with Gasteiger partial charge in [-0.05, 0) is 19.9 Å². The molecular formula is C9H8N4O. The third-order valence-electron chi connectivity index (χ3n) is 1.86. The lowest BCUT2D eigenvalue weighted by atomic mass is 10.4. The predicted molar refractivity (Wildman–Crippen MR) is 47.8 cm³/mol. The topological polar surface area (TPSA) is 67.6 Å². The highest BCUT2D eigenvalue weighted by atomic mass is 16.4. The summed E-state index contributed by atoms with van der Waals surface area (Å²) in [5.41, 5.74) is 2.04. The molecule has 14 heavy (non-hydrogen) atoms. The van der Waals surface area contributed by atoms with Crippen LogP contribution in [-0.2, 0) is 0 Å². The van der Waals surface area contributed by atoms with E-state index < -0.39 is 0 Å². The second-order valence-electron chi connectivity index (χ2n) is 2.96. The number of rotatable bonds is 1. The van der Waals surface area contributed by atoms with Crippen LogP contribution in [0.3, 0.4) is 0 Å². The summed E-state index contributed by atoms with van der Waals surface area (Å²) >= 11 is 0. The molecule has 5 heteroatoms. The molecule has 2 aromatic rings. The van der Waals surface area contributed by atoms with Crippen molar-refractivity contribution in [2.24, 2.45) is 0 Å². The van der Waals surface area contributed by atoms with Gasteiger partial charge in [-0.25, -0.2) is 9.67 Å². The van der Waals surface area contributed by atoms with E-state index in [1.807, 2.05) is 26.0 Å². The lowest BCUT2D eigenvalue weighted by Crippen LogP contribution is -1.99. The molecule has 0 atom stereocenters. The highest BCUT2D eigenvalue weighted by Gasteiger charge is 2.12. The van der Waals surface area contributed by atoms with Gasteiger partial charge in [0, 0.05) is 5.69 Å². The van der Waals surface area contributed by atoms with Gasteiger partial charge in [0.1, 0.15) is 6.07 Å². The summed E-state index contributed by atoms with van der Waals surface area (Å²) in [6.07, 6.45) is 1.24. The van der Waals surface area contributed by atoms with Crippen molar-refractivity contribution in [3.05, 3.63) is 29.5 Å². The van der Waals surface area contributed by atoms with Crippen LogP contribution in [0.15, 0.2) is 16.9 Å². The molecule has 0 aliphatic heterocycles. The number of nitriles is 1. The molecule has 0 aliphatic carbocycles. The van der Waals surface area contributed by atoms with E-state index >= 15 is 0 Å². The SMILES string of the molecule is Cc1cc(C)n(-c2ocnc2C#N)n1. The summed E-state index contributed by atoms with van der Waals surface area (Å²) in [5, 5.41) is 12.9. The number of aromatic nitrogens is 3. The standard InChI is InChI=1S/C9H8N4O/c1-6-3-7(2)13(12-6)9-8(4-10)11-5-14-9/h3,5H,1-2H3. The number of hydrogen-bond acceptors (Lipinski definition) is 4. The monoisotopic (exact) mass is 188 g/mol. The van der Waals surface area contributed by atoms with E-state index in [9.17, 15) is 0 Å². The smallest absolute Gasteiger partial charge is 0.259 e. The molecular weight excluding hydrogens is 180 g/mol. The van der Waals surface area contributed by atoms with Crippen LogP contribution in [-0.4, -0.2) is 14.8 Å². The number of nitrogens with zero attached hydrogens (tertiary/aromatic N) is 4. The first-order valence-electron chi connectivity index (χ1n) is 4.09. The van der Waals surface area contributed by atoms with E-state index in [1.54, 1.807) is 4.68 Å². The van der Waals surface area contributed by atoms with Crippen molar-refractivity contribution in [3.8, 4) is 12.0 Å². The van der Waals surface area contributed by atoms with E-state index in [2.05, 4.69) is 10.1 Å². The second-order valence-corrected chi connectivity index (χ2v) is 2.96. The molecule has 0 saturated heterocycles. The Balaban J connectivity index is 2.61. The molecule has 0 fully saturated rings. The van der Waals surface area contributed by atoms with Gasteiger partial charge in [-0.2, -0.15) is 10.4 Å². The van der Waals surface area contributed by atoms with E-state index in [0.29, 0.717) is 5.88 Å². The van der Waals surface area contributed by atoms with Gasteiger partial charge in [-0.3, -0.25) is 0 Å². The first kappa shape index (κ1) is 8.51. The van der Waals surface area contributed by atoms with Crippen LogP contribution in [0, 0.1) is 25.2 Å². The van der Waals surface area contributed by atoms with E-state index in [1.165, 1.54) is 6.39 Å². The van der Waals surface area contributed by atoms with E-state index in [0.717, 1.165) is 11.4 Å². The highest BCUT2D eigenvalue weighted by Crippen LogP contribution is 2.14. The molecule has 0 spiro atoms. The summed E-state index contributed by atoms with van der Waals surface area (Å²) in [4.78, 5) is 3.77. The van der Waals surface area contributed by atoms with Crippen molar-refractivity contribution in [1.82, 2.24) is 14.8 Å². The fourth-order valence-electron chi connectivity index (χ4n) is 1.30. The predicted octanol–water partition coefficient (Wildman–Crippen LogP) is 1.35. The Morgan fingerprint density at radius 2 is 2.29 bits per heavy atom. The average Bonchev–Trinajstić information content (AvgIpc) is 2.71. The van der Waals surface area contributed by atoms with Gasteiger partial charge in [-0.15, -0.1) is 0 Å². The van der Waals surface area contributed by atoms with Crippen molar-refractivity contribution >= 4 is 0 Å². The van der Waals surface area contributed by atoms with Crippen LogP contribution >= 0.6 is 0 Å². The maximum atomic E-state index is 8.75. The molecule has 5 nitrogen and oxygen atoms in total. The zero-order valence-corrected chi connectivity index (χ0v) is 7.85. The van der Waals surface area contributed by atoms with E-state index in [4.69, 9.17) is 9.68 Å². The van der Waals surface area contributed by atoms with Gasteiger partial charge in [-0.1, -0.05) is 0 Å². The van der Waals surface area contributed by atoms with Crippen LogP contribution in [0.2, 0.25) is 0 Å². The second kappa shape index (κ2) is 3.00. The Morgan fingerprint density at radius 3 is 2.86 bits per heavy atom. The molecule has 0 radical (unpaired) electrons. The molecule has 2 rings (SSSR count).